The Labute approximate surface area is 159 Å². The lowest BCUT2D eigenvalue weighted by molar-refractivity contribution is 0.0691. The van der Waals surface area contributed by atoms with E-state index in [1.165, 1.54) is 18.2 Å². The van der Waals surface area contributed by atoms with E-state index in [1.807, 2.05) is 0 Å². The molecule has 1 amide bonds. The lowest BCUT2D eigenvalue weighted by Gasteiger charge is -2.27. The fourth-order valence-corrected chi connectivity index (χ4v) is 3.68. The van der Waals surface area contributed by atoms with Gasteiger partial charge in [0.05, 0.1) is 16.6 Å². The number of aromatic nitrogens is 2. The summed E-state index contributed by atoms with van der Waals surface area (Å²) in [6, 6.07) is 7.36. The van der Waals surface area contributed by atoms with E-state index >= 15 is 0 Å². The Morgan fingerprint density at radius 2 is 2.07 bits per heavy atom. The first kappa shape index (κ1) is 17.8. The largest absolute Gasteiger partial charge is 0.478 e. The quantitative estimate of drug-likeness (QED) is 0.640. The maximum atomic E-state index is 13.3. The number of nitrogens with one attached hydrogen (secondary N) is 1. The number of carbonyl (C=O) groups excluding carboxylic acids is 1. The van der Waals surface area contributed by atoms with E-state index in [2.05, 4.69) is 15.3 Å². The molecule has 0 saturated heterocycles. The average molecular weight is 380 g/mol. The smallest absolute Gasteiger partial charge is 0.336 e. The summed E-state index contributed by atoms with van der Waals surface area (Å²) in [5, 5.41) is 13.2. The number of benzene rings is 2. The molecule has 1 heterocycles. The molecule has 8 heteroatoms. The Bertz CT molecular complexity index is 1120. The van der Waals surface area contributed by atoms with Gasteiger partial charge in [0.25, 0.3) is 0 Å². The number of halogens is 1. The van der Waals surface area contributed by atoms with E-state index in [1.54, 1.807) is 18.3 Å². The van der Waals surface area contributed by atoms with Crippen LogP contribution >= 0.6 is 0 Å². The Kier molecular flexibility index (Phi) is 4.38. The molecular formula is C20H17FN4O3. The second-order valence-electron chi connectivity index (χ2n) is 6.78. The van der Waals surface area contributed by atoms with Gasteiger partial charge in [-0.15, -0.1) is 0 Å². The third-order valence-electron chi connectivity index (χ3n) is 4.97. The molecule has 0 bridgehead atoms. The van der Waals surface area contributed by atoms with Gasteiger partial charge in [-0.3, -0.25) is 4.79 Å². The molecular weight excluding hydrogens is 363 g/mol. The lowest BCUT2D eigenvalue weighted by atomic mass is 9.83. The highest BCUT2D eigenvalue weighted by Gasteiger charge is 2.27. The number of anilines is 1. The van der Waals surface area contributed by atoms with Crippen molar-refractivity contribution in [2.75, 3.05) is 5.32 Å². The summed E-state index contributed by atoms with van der Waals surface area (Å²) in [6.45, 7) is 0. The topological polar surface area (TPSA) is 118 Å². The van der Waals surface area contributed by atoms with Crippen LogP contribution in [0.5, 0.6) is 0 Å². The minimum atomic E-state index is -1.18. The van der Waals surface area contributed by atoms with E-state index in [0.717, 1.165) is 12.0 Å². The molecule has 1 atom stereocenters. The van der Waals surface area contributed by atoms with Crippen molar-refractivity contribution in [1.82, 2.24) is 9.97 Å². The summed E-state index contributed by atoms with van der Waals surface area (Å²) in [4.78, 5) is 32.0. The molecule has 4 N–H and O–H groups in total. The van der Waals surface area contributed by atoms with Crippen molar-refractivity contribution in [3.05, 3.63) is 64.6 Å². The zero-order valence-electron chi connectivity index (χ0n) is 14.8. The summed E-state index contributed by atoms with van der Waals surface area (Å²) < 4.78 is 13.3. The Balaban J connectivity index is 1.63. The van der Waals surface area contributed by atoms with Crippen molar-refractivity contribution in [3.63, 3.8) is 0 Å². The van der Waals surface area contributed by atoms with Crippen molar-refractivity contribution in [2.24, 2.45) is 5.73 Å². The molecule has 142 valence electrons. The molecule has 4 rings (SSSR count). The van der Waals surface area contributed by atoms with Crippen LogP contribution < -0.4 is 11.1 Å². The molecule has 28 heavy (non-hydrogen) atoms. The van der Waals surface area contributed by atoms with Crippen molar-refractivity contribution < 1.29 is 19.1 Å². The van der Waals surface area contributed by atoms with Crippen molar-refractivity contribution in [2.45, 2.75) is 25.3 Å². The number of carboxylic acid groups (broad SMARTS) is 1. The van der Waals surface area contributed by atoms with E-state index in [-0.39, 0.29) is 23.0 Å². The van der Waals surface area contributed by atoms with Gasteiger partial charge in [-0.25, -0.2) is 19.2 Å². The molecule has 0 radical (unpaired) electrons. The first-order valence-corrected chi connectivity index (χ1v) is 8.79. The number of aryl methyl sites for hydroxylation is 1. The predicted octanol–water partition coefficient (Wildman–Crippen LogP) is 2.54. The molecule has 1 aliphatic rings. The number of aromatic carboxylic acids is 1. The van der Waals surface area contributed by atoms with Gasteiger partial charge in [0.2, 0.25) is 11.9 Å². The number of amides is 1. The number of rotatable bonds is 4. The van der Waals surface area contributed by atoms with Crippen LogP contribution in [0.15, 0.2) is 36.5 Å². The number of hydrogen-bond donors (Lipinski definition) is 3. The third-order valence-corrected chi connectivity index (χ3v) is 4.97. The fraction of sp³-hybridized carbons (Fsp3) is 0.200. The van der Waals surface area contributed by atoms with Crippen LogP contribution in [-0.2, 0) is 12.8 Å². The maximum absolute atomic E-state index is 13.3. The molecule has 7 nitrogen and oxygen atoms in total. The van der Waals surface area contributed by atoms with Gasteiger partial charge in [0.1, 0.15) is 5.82 Å². The Morgan fingerprint density at radius 3 is 2.82 bits per heavy atom. The SMILES string of the molecule is NC(=O)c1c(C(=O)O)ccc2c1CC(Nc1ncc3cc(F)ccc3n1)CC2. The monoisotopic (exact) mass is 380 g/mol. The molecule has 0 saturated carbocycles. The van der Waals surface area contributed by atoms with E-state index in [4.69, 9.17) is 5.73 Å². The first-order chi connectivity index (χ1) is 13.4. The number of carbonyl (C=O) groups is 2. The van der Waals surface area contributed by atoms with Crippen LogP contribution in [0.1, 0.15) is 38.3 Å². The molecule has 2 aromatic carbocycles. The molecule has 1 aliphatic carbocycles. The number of carboxylic acids is 1. The highest BCUT2D eigenvalue weighted by molar-refractivity contribution is 6.05. The number of fused-ring (bicyclic) bond motifs is 2. The predicted molar refractivity (Wildman–Crippen MR) is 101 cm³/mol. The Morgan fingerprint density at radius 1 is 1.25 bits per heavy atom. The number of hydrogen-bond acceptors (Lipinski definition) is 5. The number of nitrogens with zero attached hydrogens (tertiary/aromatic N) is 2. The molecule has 0 aliphatic heterocycles. The van der Waals surface area contributed by atoms with Crippen LogP contribution in [0.4, 0.5) is 10.3 Å². The molecule has 0 spiro atoms. The standard InChI is InChI=1S/C20H17FN4O3/c21-12-3-6-16-11(7-12)9-23-20(25-16)24-13-4-1-10-2-5-14(19(27)28)17(18(22)26)15(10)8-13/h2-3,5-7,9,13H,1,4,8H2,(H2,22,26)(H,27,28)(H,23,24,25). The van der Waals surface area contributed by atoms with Gasteiger partial charge >= 0.3 is 5.97 Å². The van der Waals surface area contributed by atoms with Gasteiger partial charge in [-0.05, 0) is 54.7 Å². The zero-order valence-corrected chi connectivity index (χ0v) is 14.8. The normalized spacial score (nSPS) is 15.8. The van der Waals surface area contributed by atoms with Crippen LogP contribution in [0.2, 0.25) is 0 Å². The van der Waals surface area contributed by atoms with Crippen molar-refractivity contribution >= 4 is 28.7 Å². The first-order valence-electron chi connectivity index (χ1n) is 8.79. The molecule has 1 unspecified atom stereocenters. The van der Waals surface area contributed by atoms with E-state index < -0.39 is 11.9 Å². The summed E-state index contributed by atoms with van der Waals surface area (Å²) in [5.41, 5.74) is 7.63. The summed E-state index contributed by atoms with van der Waals surface area (Å²) >= 11 is 0. The van der Waals surface area contributed by atoms with Gasteiger partial charge < -0.3 is 16.2 Å². The molecule has 0 fully saturated rings. The van der Waals surface area contributed by atoms with Crippen LogP contribution in [0, 0.1) is 5.82 Å². The lowest BCUT2D eigenvalue weighted by Crippen LogP contribution is -2.31. The van der Waals surface area contributed by atoms with Gasteiger partial charge in [0, 0.05) is 17.6 Å². The van der Waals surface area contributed by atoms with Crippen molar-refractivity contribution in [1.29, 1.82) is 0 Å². The minimum Gasteiger partial charge on any atom is -0.478 e. The highest BCUT2D eigenvalue weighted by atomic mass is 19.1. The van der Waals surface area contributed by atoms with Crippen LogP contribution in [-0.4, -0.2) is 33.0 Å². The maximum Gasteiger partial charge on any atom is 0.336 e. The van der Waals surface area contributed by atoms with E-state index in [0.29, 0.717) is 35.3 Å². The third kappa shape index (κ3) is 3.24. The summed E-state index contributed by atoms with van der Waals surface area (Å²) in [5.74, 6) is -1.90. The second kappa shape index (κ2) is 6.88. The second-order valence-corrected chi connectivity index (χ2v) is 6.78. The summed E-state index contributed by atoms with van der Waals surface area (Å²) in [6.07, 6.45) is 3.41. The van der Waals surface area contributed by atoms with Crippen LogP contribution in [0.25, 0.3) is 10.9 Å². The summed E-state index contributed by atoms with van der Waals surface area (Å²) in [7, 11) is 0. The fourth-order valence-electron chi connectivity index (χ4n) is 3.68. The molecule has 3 aromatic rings. The van der Waals surface area contributed by atoms with Crippen LogP contribution in [0.3, 0.4) is 0 Å². The van der Waals surface area contributed by atoms with Gasteiger partial charge in [-0.2, -0.15) is 0 Å². The Hall–Kier alpha value is -3.55. The van der Waals surface area contributed by atoms with Gasteiger partial charge in [0.15, 0.2) is 0 Å². The zero-order chi connectivity index (χ0) is 19.8. The minimum absolute atomic E-state index is 0.0615. The van der Waals surface area contributed by atoms with Gasteiger partial charge in [-0.1, -0.05) is 6.07 Å². The van der Waals surface area contributed by atoms with Crippen molar-refractivity contribution in [3.8, 4) is 0 Å². The van der Waals surface area contributed by atoms with E-state index in [9.17, 15) is 19.1 Å². The highest BCUT2D eigenvalue weighted by Crippen LogP contribution is 2.28. The number of primary amides is 1. The molecule has 1 aromatic heterocycles. The number of nitrogens with two attached hydrogens (primary N) is 1. The average Bonchev–Trinajstić information content (AvgIpc) is 2.66.